The number of morpholine rings is 1. The number of benzene rings is 1. The van der Waals surface area contributed by atoms with Crippen LogP contribution in [0, 0.1) is 6.92 Å². The molecule has 1 saturated heterocycles. The molecule has 0 aliphatic carbocycles. The summed E-state index contributed by atoms with van der Waals surface area (Å²) in [4.78, 5) is 19.5. The third-order valence-corrected chi connectivity index (χ3v) is 4.95. The van der Waals surface area contributed by atoms with Crippen LogP contribution in [0.5, 0.6) is 0 Å². The highest BCUT2D eigenvalue weighted by Gasteiger charge is 2.27. The van der Waals surface area contributed by atoms with E-state index in [4.69, 9.17) is 4.74 Å². The number of thiazole rings is 1. The highest BCUT2D eigenvalue weighted by Crippen LogP contribution is 2.27. The van der Waals surface area contributed by atoms with Gasteiger partial charge in [0.1, 0.15) is 11.0 Å². The van der Waals surface area contributed by atoms with Crippen LogP contribution in [0.2, 0.25) is 0 Å². The van der Waals surface area contributed by atoms with E-state index in [1.165, 1.54) is 16.9 Å². The van der Waals surface area contributed by atoms with Crippen molar-refractivity contribution in [1.82, 2.24) is 9.88 Å². The van der Waals surface area contributed by atoms with Gasteiger partial charge in [0.2, 0.25) is 0 Å². The normalized spacial score (nSPS) is 17.5. The van der Waals surface area contributed by atoms with Crippen LogP contribution in [0.25, 0.3) is 0 Å². The van der Waals surface area contributed by atoms with E-state index in [-0.39, 0.29) is 12.0 Å². The molecule has 1 aromatic carbocycles. The van der Waals surface area contributed by atoms with Crippen LogP contribution in [0.4, 0.5) is 5.13 Å². The van der Waals surface area contributed by atoms with Gasteiger partial charge in [0.05, 0.1) is 19.3 Å². The minimum Gasteiger partial charge on any atom is -0.370 e. The largest absolute Gasteiger partial charge is 0.370 e. The molecule has 0 bridgehead atoms. The van der Waals surface area contributed by atoms with Crippen LogP contribution < -0.4 is 5.32 Å². The van der Waals surface area contributed by atoms with E-state index in [0.717, 1.165) is 10.7 Å². The molecule has 0 saturated carbocycles. The average Bonchev–Trinajstić information content (AvgIpc) is 3.09. The minimum absolute atomic E-state index is 0.0148. The number of carbonyl (C=O) groups is 1. The fourth-order valence-corrected chi connectivity index (χ4v) is 3.53. The first-order valence-electron chi connectivity index (χ1n) is 7.96. The summed E-state index contributed by atoms with van der Waals surface area (Å²) in [5.41, 5.74) is 2.33. The molecule has 0 unspecified atom stereocenters. The standard InChI is InChI=1S/C18H21N3O2S/c1-3-8-19-18-20-11-16(24-18)17(22)21-9-10-23-15(12-21)14-7-5-4-6-13(14)2/h3-7,11,15H,1,8-10,12H2,2H3,(H,19,20)/t15-/m1/s1. The molecule has 1 aliphatic rings. The second-order valence-electron chi connectivity index (χ2n) is 5.67. The Bertz CT molecular complexity index is 729. The van der Waals surface area contributed by atoms with Crippen molar-refractivity contribution in [3.8, 4) is 0 Å². The van der Waals surface area contributed by atoms with Gasteiger partial charge in [-0.05, 0) is 18.1 Å². The lowest BCUT2D eigenvalue weighted by molar-refractivity contribution is -0.0229. The Labute approximate surface area is 146 Å². The molecule has 6 heteroatoms. The van der Waals surface area contributed by atoms with Gasteiger partial charge in [-0.3, -0.25) is 4.79 Å². The summed E-state index contributed by atoms with van der Waals surface area (Å²) >= 11 is 1.37. The Morgan fingerprint density at radius 3 is 3.17 bits per heavy atom. The van der Waals surface area contributed by atoms with Crippen LogP contribution >= 0.6 is 11.3 Å². The third kappa shape index (κ3) is 3.66. The summed E-state index contributed by atoms with van der Waals surface area (Å²) in [5, 5.41) is 3.85. The lowest BCUT2D eigenvalue weighted by Crippen LogP contribution is -2.42. The Kier molecular flexibility index (Phi) is 5.27. The number of hydrogen-bond acceptors (Lipinski definition) is 5. The van der Waals surface area contributed by atoms with Crippen molar-refractivity contribution in [3.05, 3.63) is 59.1 Å². The molecule has 1 fully saturated rings. The molecule has 24 heavy (non-hydrogen) atoms. The van der Waals surface area contributed by atoms with Crippen molar-refractivity contribution in [2.75, 3.05) is 31.6 Å². The van der Waals surface area contributed by atoms with Crippen molar-refractivity contribution in [1.29, 1.82) is 0 Å². The van der Waals surface area contributed by atoms with E-state index in [9.17, 15) is 4.79 Å². The van der Waals surface area contributed by atoms with Crippen LogP contribution in [0.1, 0.15) is 26.9 Å². The number of rotatable bonds is 5. The summed E-state index contributed by atoms with van der Waals surface area (Å²) in [7, 11) is 0. The number of nitrogens with zero attached hydrogens (tertiary/aromatic N) is 2. The molecule has 1 aromatic heterocycles. The van der Waals surface area contributed by atoms with Crippen molar-refractivity contribution >= 4 is 22.4 Å². The van der Waals surface area contributed by atoms with E-state index >= 15 is 0 Å². The molecule has 2 heterocycles. The van der Waals surface area contributed by atoms with E-state index in [1.54, 1.807) is 12.3 Å². The van der Waals surface area contributed by atoms with E-state index in [0.29, 0.717) is 31.1 Å². The maximum Gasteiger partial charge on any atom is 0.265 e. The van der Waals surface area contributed by atoms with Gasteiger partial charge >= 0.3 is 0 Å². The quantitative estimate of drug-likeness (QED) is 0.847. The first kappa shape index (κ1) is 16.7. The second-order valence-corrected chi connectivity index (χ2v) is 6.70. The summed E-state index contributed by atoms with van der Waals surface area (Å²) in [6.45, 7) is 8.08. The number of nitrogens with one attached hydrogen (secondary N) is 1. The Balaban J connectivity index is 1.70. The maximum absolute atomic E-state index is 12.7. The predicted octanol–water partition coefficient (Wildman–Crippen LogP) is 3.26. The highest BCUT2D eigenvalue weighted by molar-refractivity contribution is 7.17. The molecule has 1 atom stereocenters. The van der Waals surface area contributed by atoms with Crippen LogP contribution in [-0.4, -0.2) is 42.0 Å². The maximum atomic E-state index is 12.7. The zero-order valence-corrected chi connectivity index (χ0v) is 14.5. The molecule has 1 N–H and O–H groups in total. The van der Waals surface area contributed by atoms with Crippen LogP contribution in [-0.2, 0) is 4.74 Å². The fourth-order valence-electron chi connectivity index (χ4n) is 2.74. The number of carbonyl (C=O) groups excluding carboxylic acids is 1. The summed E-state index contributed by atoms with van der Waals surface area (Å²) in [6, 6.07) is 8.16. The fraction of sp³-hybridized carbons (Fsp3) is 0.333. The van der Waals surface area contributed by atoms with Gasteiger partial charge in [0, 0.05) is 13.1 Å². The van der Waals surface area contributed by atoms with Gasteiger partial charge in [0.25, 0.3) is 5.91 Å². The van der Waals surface area contributed by atoms with E-state index < -0.39 is 0 Å². The van der Waals surface area contributed by atoms with Crippen molar-refractivity contribution in [3.63, 3.8) is 0 Å². The molecule has 0 radical (unpaired) electrons. The van der Waals surface area contributed by atoms with Crippen LogP contribution in [0.15, 0.2) is 43.1 Å². The predicted molar refractivity (Wildman–Crippen MR) is 96.6 cm³/mol. The Morgan fingerprint density at radius 1 is 1.54 bits per heavy atom. The topological polar surface area (TPSA) is 54.5 Å². The van der Waals surface area contributed by atoms with Gasteiger partial charge < -0.3 is 15.0 Å². The zero-order chi connectivity index (χ0) is 16.9. The summed E-state index contributed by atoms with van der Waals surface area (Å²) in [5.74, 6) is 0.0148. The molecule has 126 valence electrons. The number of amides is 1. The number of ether oxygens (including phenoxy) is 1. The van der Waals surface area contributed by atoms with Gasteiger partial charge in [-0.2, -0.15) is 0 Å². The summed E-state index contributed by atoms with van der Waals surface area (Å²) in [6.07, 6.45) is 3.32. The smallest absolute Gasteiger partial charge is 0.265 e. The summed E-state index contributed by atoms with van der Waals surface area (Å²) < 4.78 is 5.89. The van der Waals surface area contributed by atoms with E-state index in [2.05, 4.69) is 35.9 Å². The molecular formula is C18H21N3O2S. The van der Waals surface area contributed by atoms with Crippen molar-refractivity contribution in [2.45, 2.75) is 13.0 Å². The number of aryl methyl sites for hydroxylation is 1. The van der Waals surface area contributed by atoms with Gasteiger partial charge in [-0.1, -0.05) is 41.7 Å². The number of hydrogen-bond donors (Lipinski definition) is 1. The SMILES string of the molecule is C=CCNc1ncc(C(=O)N2CCO[C@@H](c3ccccc3C)C2)s1. The highest BCUT2D eigenvalue weighted by atomic mass is 32.1. The number of anilines is 1. The molecular weight excluding hydrogens is 322 g/mol. The van der Waals surface area contributed by atoms with Gasteiger partial charge in [-0.15, -0.1) is 6.58 Å². The average molecular weight is 343 g/mol. The van der Waals surface area contributed by atoms with E-state index in [1.807, 2.05) is 17.0 Å². The first-order valence-corrected chi connectivity index (χ1v) is 8.77. The zero-order valence-electron chi connectivity index (χ0n) is 13.7. The van der Waals surface area contributed by atoms with Gasteiger partial charge in [0.15, 0.2) is 5.13 Å². The molecule has 5 nitrogen and oxygen atoms in total. The first-order chi connectivity index (χ1) is 11.7. The lowest BCUT2D eigenvalue weighted by atomic mass is 10.0. The lowest BCUT2D eigenvalue weighted by Gasteiger charge is -2.33. The molecule has 1 aliphatic heterocycles. The molecule has 2 aromatic rings. The molecule has 1 amide bonds. The monoisotopic (exact) mass is 343 g/mol. The van der Waals surface area contributed by atoms with Crippen molar-refractivity contribution in [2.24, 2.45) is 0 Å². The van der Waals surface area contributed by atoms with Crippen LogP contribution in [0.3, 0.4) is 0 Å². The third-order valence-electron chi connectivity index (χ3n) is 4.00. The Hall–Kier alpha value is -2.18. The number of aromatic nitrogens is 1. The molecule has 3 rings (SSSR count). The second kappa shape index (κ2) is 7.59. The molecule has 0 spiro atoms. The van der Waals surface area contributed by atoms with Gasteiger partial charge in [-0.25, -0.2) is 4.98 Å². The van der Waals surface area contributed by atoms with Crippen molar-refractivity contribution < 1.29 is 9.53 Å². The minimum atomic E-state index is -0.0739. The Morgan fingerprint density at radius 2 is 2.38 bits per heavy atom.